The summed E-state index contributed by atoms with van der Waals surface area (Å²) >= 11 is 7.59. The summed E-state index contributed by atoms with van der Waals surface area (Å²) in [5.41, 5.74) is 0.706. The highest BCUT2D eigenvalue weighted by molar-refractivity contribution is 7.98. The maximum atomic E-state index is 9.72. The summed E-state index contributed by atoms with van der Waals surface area (Å²) in [5.74, 6) is 1.39. The van der Waals surface area contributed by atoms with Crippen LogP contribution in [0.2, 0.25) is 5.15 Å². The van der Waals surface area contributed by atoms with Crippen molar-refractivity contribution in [3.8, 4) is 5.75 Å². The smallest absolute Gasteiger partial charge is 0.162 e. The molecule has 3 aromatic rings. The molecule has 0 saturated heterocycles. The molecule has 1 N–H and O–H groups in total. The first kappa shape index (κ1) is 13.2. The molecule has 3 rings (SSSR count). The minimum atomic E-state index is 0.255. The molecular weight excluding hydrogens is 296 g/mol. The van der Waals surface area contributed by atoms with Crippen LogP contribution >= 0.6 is 23.4 Å². The van der Waals surface area contributed by atoms with Crippen molar-refractivity contribution in [2.24, 2.45) is 7.05 Å². The van der Waals surface area contributed by atoms with Crippen molar-refractivity contribution in [1.82, 2.24) is 19.7 Å². The second-order valence-corrected chi connectivity index (χ2v) is 5.57. The number of hydrogen-bond donors (Lipinski definition) is 1. The topological polar surface area (TPSA) is 63.8 Å². The summed E-state index contributed by atoms with van der Waals surface area (Å²) in [6.45, 7) is 0. The van der Waals surface area contributed by atoms with Gasteiger partial charge < -0.3 is 5.11 Å². The first-order valence-electron chi connectivity index (χ1n) is 5.90. The molecule has 0 atom stereocenters. The summed E-state index contributed by atoms with van der Waals surface area (Å²) in [6.07, 6.45) is 1.65. The summed E-state index contributed by atoms with van der Waals surface area (Å²) in [6, 6.07) is 7.17. The number of fused-ring (bicyclic) bond motifs is 1. The molecule has 0 unspecified atom stereocenters. The van der Waals surface area contributed by atoms with Gasteiger partial charge in [-0.15, -0.1) is 11.8 Å². The quantitative estimate of drug-likeness (QED) is 0.595. The Bertz CT molecular complexity index is 774. The standard InChI is InChI=1S/C13H11ClN4OS/c1-18-13-8(6-15-18)12(14)16-11(17-13)7-20-10-5-3-2-4-9(10)19/h2-6,19H,7H2,1H3. The zero-order valence-electron chi connectivity index (χ0n) is 10.6. The van der Waals surface area contributed by atoms with Crippen molar-refractivity contribution < 1.29 is 5.11 Å². The number of phenols is 1. The van der Waals surface area contributed by atoms with Crippen molar-refractivity contribution >= 4 is 34.4 Å². The van der Waals surface area contributed by atoms with Crippen LogP contribution in [-0.2, 0) is 12.8 Å². The molecule has 0 aliphatic rings. The molecule has 0 radical (unpaired) electrons. The lowest BCUT2D eigenvalue weighted by molar-refractivity contribution is 0.462. The van der Waals surface area contributed by atoms with Crippen LogP contribution in [0.1, 0.15) is 5.82 Å². The SMILES string of the molecule is Cn1ncc2c(Cl)nc(CSc3ccccc3O)nc21. The van der Waals surface area contributed by atoms with Gasteiger partial charge in [0, 0.05) is 11.9 Å². The van der Waals surface area contributed by atoms with Crippen LogP contribution in [0, 0.1) is 0 Å². The van der Waals surface area contributed by atoms with Gasteiger partial charge in [-0.05, 0) is 12.1 Å². The van der Waals surface area contributed by atoms with Gasteiger partial charge in [0.25, 0.3) is 0 Å². The molecule has 20 heavy (non-hydrogen) atoms. The Labute approximate surface area is 124 Å². The number of thioether (sulfide) groups is 1. The highest BCUT2D eigenvalue weighted by Crippen LogP contribution is 2.30. The Morgan fingerprint density at radius 2 is 2.10 bits per heavy atom. The van der Waals surface area contributed by atoms with E-state index in [4.69, 9.17) is 11.6 Å². The van der Waals surface area contributed by atoms with Gasteiger partial charge >= 0.3 is 0 Å². The van der Waals surface area contributed by atoms with Crippen LogP contribution in [0.4, 0.5) is 0 Å². The third-order valence-electron chi connectivity index (χ3n) is 2.81. The number of hydrogen-bond acceptors (Lipinski definition) is 5. The number of nitrogens with zero attached hydrogens (tertiary/aromatic N) is 4. The van der Waals surface area contributed by atoms with Gasteiger partial charge in [-0.2, -0.15) is 5.10 Å². The van der Waals surface area contributed by atoms with E-state index < -0.39 is 0 Å². The number of rotatable bonds is 3. The van der Waals surface area contributed by atoms with E-state index in [-0.39, 0.29) is 5.75 Å². The number of aromatic hydroxyl groups is 1. The normalized spacial score (nSPS) is 11.1. The first-order valence-corrected chi connectivity index (χ1v) is 7.26. The zero-order valence-corrected chi connectivity index (χ0v) is 12.2. The predicted octanol–water partition coefficient (Wildman–Crippen LogP) is 3.01. The lowest BCUT2D eigenvalue weighted by atomic mass is 10.3. The number of halogens is 1. The van der Waals surface area contributed by atoms with E-state index in [0.717, 1.165) is 10.3 Å². The van der Waals surface area contributed by atoms with E-state index in [9.17, 15) is 5.11 Å². The third kappa shape index (κ3) is 2.44. The monoisotopic (exact) mass is 306 g/mol. The van der Waals surface area contributed by atoms with Crippen molar-refractivity contribution in [3.05, 3.63) is 41.4 Å². The molecule has 0 fully saturated rings. The number of para-hydroxylation sites is 1. The van der Waals surface area contributed by atoms with Gasteiger partial charge in [-0.25, -0.2) is 9.97 Å². The van der Waals surface area contributed by atoms with E-state index in [1.165, 1.54) is 11.8 Å². The molecule has 2 heterocycles. The van der Waals surface area contributed by atoms with Crippen LogP contribution in [-0.4, -0.2) is 24.9 Å². The van der Waals surface area contributed by atoms with Gasteiger partial charge in [0.05, 0.1) is 17.3 Å². The maximum Gasteiger partial charge on any atom is 0.162 e. The second kappa shape index (κ2) is 5.30. The third-order valence-corrected chi connectivity index (χ3v) is 4.16. The van der Waals surface area contributed by atoms with Crippen molar-refractivity contribution in [3.63, 3.8) is 0 Å². The Morgan fingerprint density at radius 3 is 2.90 bits per heavy atom. The van der Waals surface area contributed by atoms with Gasteiger partial charge in [-0.1, -0.05) is 23.7 Å². The molecule has 0 amide bonds. The molecule has 0 spiro atoms. The summed E-state index contributed by atoms with van der Waals surface area (Å²) in [5, 5.41) is 15.0. The zero-order chi connectivity index (χ0) is 14.1. The lowest BCUT2D eigenvalue weighted by Gasteiger charge is -2.04. The summed E-state index contributed by atoms with van der Waals surface area (Å²) in [7, 11) is 1.81. The second-order valence-electron chi connectivity index (χ2n) is 4.19. The first-order chi connectivity index (χ1) is 9.65. The number of aryl methyl sites for hydroxylation is 1. The van der Waals surface area contributed by atoms with Crippen molar-refractivity contribution in [1.29, 1.82) is 0 Å². The van der Waals surface area contributed by atoms with Crippen molar-refractivity contribution in [2.45, 2.75) is 10.6 Å². The molecule has 0 bridgehead atoms. The highest BCUT2D eigenvalue weighted by Gasteiger charge is 2.10. The van der Waals surface area contributed by atoms with Gasteiger partial charge in [0.2, 0.25) is 0 Å². The van der Waals surface area contributed by atoms with Crippen LogP contribution in [0.5, 0.6) is 5.75 Å². The van der Waals surface area contributed by atoms with E-state index in [2.05, 4.69) is 15.1 Å². The van der Waals surface area contributed by atoms with Crippen LogP contribution in [0.15, 0.2) is 35.4 Å². The van der Waals surface area contributed by atoms with E-state index in [1.54, 1.807) is 23.0 Å². The molecular formula is C13H11ClN4OS. The molecule has 0 saturated carbocycles. The number of phenolic OH excluding ortho intramolecular Hbond substituents is 1. The molecule has 2 aromatic heterocycles. The maximum absolute atomic E-state index is 9.72. The van der Waals surface area contributed by atoms with E-state index in [1.807, 2.05) is 19.2 Å². The minimum absolute atomic E-state index is 0.255. The largest absolute Gasteiger partial charge is 0.507 e. The average molecular weight is 307 g/mol. The predicted molar refractivity (Wildman–Crippen MR) is 79.0 cm³/mol. The van der Waals surface area contributed by atoms with Crippen LogP contribution in [0.25, 0.3) is 11.0 Å². The fourth-order valence-electron chi connectivity index (χ4n) is 1.82. The molecule has 0 aliphatic carbocycles. The Kier molecular flexibility index (Phi) is 3.50. The summed E-state index contributed by atoms with van der Waals surface area (Å²) < 4.78 is 1.66. The van der Waals surface area contributed by atoms with E-state index >= 15 is 0 Å². The Morgan fingerprint density at radius 1 is 1.30 bits per heavy atom. The highest BCUT2D eigenvalue weighted by atomic mass is 35.5. The minimum Gasteiger partial charge on any atom is -0.507 e. The number of benzene rings is 1. The molecule has 5 nitrogen and oxygen atoms in total. The van der Waals surface area contributed by atoms with Gasteiger partial charge in [0.15, 0.2) is 5.65 Å². The number of aromatic nitrogens is 4. The van der Waals surface area contributed by atoms with Crippen LogP contribution < -0.4 is 0 Å². The fourth-order valence-corrected chi connectivity index (χ4v) is 2.85. The molecule has 0 aliphatic heterocycles. The molecule has 7 heteroatoms. The van der Waals surface area contributed by atoms with Crippen molar-refractivity contribution in [2.75, 3.05) is 0 Å². The molecule has 102 valence electrons. The average Bonchev–Trinajstić information content (AvgIpc) is 2.80. The summed E-state index contributed by atoms with van der Waals surface area (Å²) in [4.78, 5) is 9.49. The van der Waals surface area contributed by atoms with E-state index in [0.29, 0.717) is 22.4 Å². The van der Waals surface area contributed by atoms with Gasteiger partial charge in [0.1, 0.15) is 16.7 Å². The lowest BCUT2D eigenvalue weighted by Crippen LogP contribution is -1.98. The fraction of sp³-hybridized carbons (Fsp3) is 0.154. The van der Waals surface area contributed by atoms with Crippen LogP contribution in [0.3, 0.4) is 0 Å². The molecule has 1 aromatic carbocycles. The Hall–Kier alpha value is -1.79. The Balaban J connectivity index is 1.88. The van der Waals surface area contributed by atoms with Gasteiger partial charge in [-0.3, -0.25) is 4.68 Å².